The van der Waals surface area contributed by atoms with E-state index in [0.29, 0.717) is 4.34 Å². The minimum atomic E-state index is -4.50. The number of halogens is 3. The maximum atomic E-state index is 12.8. The molecule has 1 amide bonds. The van der Waals surface area contributed by atoms with Gasteiger partial charge in [0, 0.05) is 11.1 Å². The Morgan fingerprint density at radius 1 is 1.38 bits per heavy atom. The van der Waals surface area contributed by atoms with Gasteiger partial charge in [-0.25, -0.2) is 4.98 Å². The second-order valence-corrected chi connectivity index (χ2v) is 6.22. The first-order valence-electron chi connectivity index (χ1n) is 5.87. The molecule has 0 saturated heterocycles. The van der Waals surface area contributed by atoms with Gasteiger partial charge in [-0.1, -0.05) is 23.9 Å². The SMILES string of the molecule is Cc1csc(SCC(=O)Nc2ccccc2C(F)(F)F)n1. The van der Waals surface area contributed by atoms with Gasteiger partial charge in [0.1, 0.15) is 0 Å². The number of carbonyl (C=O) groups is 1. The van der Waals surface area contributed by atoms with E-state index in [4.69, 9.17) is 0 Å². The van der Waals surface area contributed by atoms with Crippen molar-refractivity contribution in [3.8, 4) is 0 Å². The Morgan fingerprint density at radius 3 is 2.71 bits per heavy atom. The summed E-state index contributed by atoms with van der Waals surface area (Å²) in [5, 5.41) is 4.14. The van der Waals surface area contributed by atoms with Crippen molar-refractivity contribution < 1.29 is 18.0 Å². The van der Waals surface area contributed by atoms with Crippen LogP contribution in [-0.4, -0.2) is 16.6 Å². The number of anilines is 1. The smallest absolute Gasteiger partial charge is 0.325 e. The summed E-state index contributed by atoms with van der Waals surface area (Å²) in [6.45, 7) is 1.83. The van der Waals surface area contributed by atoms with E-state index in [2.05, 4.69) is 10.3 Å². The Morgan fingerprint density at radius 2 is 2.10 bits per heavy atom. The van der Waals surface area contributed by atoms with Gasteiger partial charge in [0.15, 0.2) is 4.34 Å². The number of thiazole rings is 1. The van der Waals surface area contributed by atoms with Gasteiger partial charge < -0.3 is 5.32 Å². The molecule has 0 atom stereocenters. The van der Waals surface area contributed by atoms with Gasteiger partial charge in [0.2, 0.25) is 5.91 Å². The van der Waals surface area contributed by atoms with E-state index < -0.39 is 17.6 Å². The van der Waals surface area contributed by atoms with Crippen molar-refractivity contribution in [3.05, 3.63) is 40.9 Å². The molecule has 1 N–H and O–H groups in total. The summed E-state index contributed by atoms with van der Waals surface area (Å²) < 4.78 is 39.1. The maximum absolute atomic E-state index is 12.8. The zero-order valence-corrected chi connectivity index (χ0v) is 12.5. The maximum Gasteiger partial charge on any atom is 0.418 e. The fourth-order valence-corrected chi connectivity index (χ4v) is 3.20. The number of aryl methyl sites for hydroxylation is 1. The summed E-state index contributed by atoms with van der Waals surface area (Å²) in [7, 11) is 0. The number of amides is 1. The molecule has 0 radical (unpaired) electrons. The number of thioether (sulfide) groups is 1. The molecular formula is C13H11F3N2OS2. The molecule has 0 unspecified atom stereocenters. The summed E-state index contributed by atoms with van der Waals surface area (Å²) in [4.78, 5) is 15.9. The Bertz CT molecular complexity index is 640. The van der Waals surface area contributed by atoms with Crippen molar-refractivity contribution >= 4 is 34.7 Å². The van der Waals surface area contributed by atoms with E-state index >= 15 is 0 Å². The lowest BCUT2D eigenvalue weighted by molar-refractivity contribution is -0.137. The van der Waals surface area contributed by atoms with Crippen LogP contribution < -0.4 is 5.32 Å². The number of rotatable bonds is 4. The lowest BCUT2D eigenvalue weighted by Gasteiger charge is -2.13. The molecule has 1 heterocycles. The number of nitrogens with zero attached hydrogens (tertiary/aromatic N) is 1. The first-order valence-corrected chi connectivity index (χ1v) is 7.74. The fourth-order valence-electron chi connectivity index (χ4n) is 1.55. The Labute approximate surface area is 127 Å². The Kier molecular flexibility index (Phi) is 4.89. The number of para-hydroxylation sites is 1. The van der Waals surface area contributed by atoms with Crippen molar-refractivity contribution in [2.75, 3.05) is 11.1 Å². The van der Waals surface area contributed by atoms with Crippen LogP contribution >= 0.6 is 23.1 Å². The fraction of sp³-hybridized carbons (Fsp3) is 0.231. The molecule has 0 fully saturated rings. The highest BCUT2D eigenvalue weighted by molar-refractivity contribution is 8.01. The number of benzene rings is 1. The minimum absolute atomic E-state index is 0.0130. The van der Waals surface area contributed by atoms with Gasteiger partial charge in [-0.05, 0) is 19.1 Å². The molecule has 3 nitrogen and oxygen atoms in total. The molecule has 0 bridgehead atoms. The lowest BCUT2D eigenvalue weighted by Crippen LogP contribution is -2.18. The van der Waals surface area contributed by atoms with Crippen LogP contribution in [0, 0.1) is 6.92 Å². The van der Waals surface area contributed by atoms with Crippen LogP contribution in [-0.2, 0) is 11.0 Å². The molecule has 1 aromatic heterocycles. The van der Waals surface area contributed by atoms with Crippen LogP contribution in [0.4, 0.5) is 18.9 Å². The molecule has 21 heavy (non-hydrogen) atoms. The summed E-state index contributed by atoms with van der Waals surface area (Å²) >= 11 is 2.59. The van der Waals surface area contributed by atoms with Crippen LogP contribution in [0.3, 0.4) is 0 Å². The lowest BCUT2D eigenvalue weighted by atomic mass is 10.1. The van der Waals surface area contributed by atoms with Gasteiger partial charge in [0.05, 0.1) is 17.0 Å². The highest BCUT2D eigenvalue weighted by atomic mass is 32.2. The molecule has 0 saturated carbocycles. The van der Waals surface area contributed by atoms with Crippen LogP contribution in [0.15, 0.2) is 34.0 Å². The van der Waals surface area contributed by atoms with E-state index in [1.54, 1.807) is 0 Å². The van der Waals surface area contributed by atoms with Gasteiger partial charge in [-0.15, -0.1) is 11.3 Å². The summed E-state index contributed by atoms with van der Waals surface area (Å²) in [5.41, 5.74) is -0.232. The topological polar surface area (TPSA) is 42.0 Å². The van der Waals surface area contributed by atoms with Gasteiger partial charge in [-0.3, -0.25) is 4.79 Å². The second kappa shape index (κ2) is 6.48. The highest BCUT2D eigenvalue weighted by Crippen LogP contribution is 2.34. The van der Waals surface area contributed by atoms with Crippen molar-refractivity contribution in [2.45, 2.75) is 17.4 Å². The third kappa shape index (κ3) is 4.47. The number of carbonyl (C=O) groups excluding carboxylic acids is 1. The van der Waals surface area contributed by atoms with Gasteiger partial charge in [-0.2, -0.15) is 13.2 Å². The largest absolute Gasteiger partial charge is 0.418 e. The van der Waals surface area contributed by atoms with Gasteiger partial charge >= 0.3 is 6.18 Å². The summed E-state index contributed by atoms with van der Waals surface area (Å²) in [5.74, 6) is -0.483. The summed E-state index contributed by atoms with van der Waals surface area (Å²) in [6.07, 6.45) is -4.50. The molecule has 0 aliphatic heterocycles. The minimum Gasteiger partial charge on any atom is -0.325 e. The van der Waals surface area contributed by atoms with Crippen LogP contribution in [0.25, 0.3) is 0 Å². The van der Waals surface area contributed by atoms with Crippen molar-refractivity contribution in [3.63, 3.8) is 0 Å². The predicted octanol–water partition coefficient (Wildman–Crippen LogP) is 4.20. The zero-order chi connectivity index (χ0) is 15.5. The first-order chi connectivity index (χ1) is 9.86. The number of hydrogen-bond acceptors (Lipinski definition) is 4. The standard InChI is InChI=1S/C13H11F3N2OS2/c1-8-6-20-12(17-8)21-7-11(19)18-10-5-3-2-4-9(10)13(14,15)16/h2-6H,7H2,1H3,(H,18,19). The third-order valence-electron chi connectivity index (χ3n) is 2.43. The average Bonchev–Trinajstić information content (AvgIpc) is 2.82. The monoisotopic (exact) mass is 332 g/mol. The molecule has 2 rings (SSSR count). The van der Waals surface area contributed by atoms with Crippen LogP contribution in [0.2, 0.25) is 0 Å². The average molecular weight is 332 g/mol. The van der Waals surface area contributed by atoms with E-state index in [9.17, 15) is 18.0 Å². The van der Waals surface area contributed by atoms with Crippen molar-refractivity contribution in [1.29, 1.82) is 0 Å². The second-order valence-electron chi connectivity index (χ2n) is 4.13. The first kappa shape index (κ1) is 15.8. The van der Waals surface area contributed by atoms with Crippen molar-refractivity contribution in [1.82, 2.24) is 4.98 Å². The molecule has 0 aliphatic carbocycles. The number of aromatic nitrogens is 1. The predicted molar refractivity (Wildman–Crippen MR) is 77.6 cm³/mol. The normalized spacial score (nSPS) is 11.4. The Balaban J connectivity index is 2.00. The van der Waals surface area contributed by atoms with Crippen LogP contribution in [0.5, 0.6) is 0 Å². The molecule has 112 valence electrons. The quantitative estimate of drug-likeness (QED) is 0.853. The highest BCUT2D eigenvalue weighted by Gasteiger charge is 2.33. The molecule has 0 spiro atoms. The zero-order valence-electron chi connectivity index (χ0n) is 10.9. The van der Waals surface area contributed by atoms with E-state index in [0.717, 1.165) is 11.8 Å². The van der Waals surface area contributed by atoms with E-state index in [1.807, 2.05) is 12.3 Å². The van der Waals surface area contributed by atoms with E-state index in [-0.39, 0.29) is 11.4 Å². The number of alkyl halides is 3. The summed E-state index contributed by atoms with van der Waals surface area (Å²) in [6, 6.07) is 4.90. The van der Waals surface area contributed by atoms with Crippen LogP contribution in [0.1, 0.15) is 11.3 Å². The van der Waals surface area contributed by atoms with Crippen molar-refractivity contribution in [2.24, 2.45) is 0 Å². The molecule has 0 aliphatic rings. The number of hydrogen-bond donors (Lipinski definition) is 1. The molecule has 2 aromatic rings. The molecular weight excluding hydrogens is 321 g/mol. The van der Waals surface area contributed by atoms with E-state index in [1.165, 1.54) is 41.3 Å². The number of nitrogens with one attached hydrogen (secondary N) is 1. The van der Waals surface area contributed by atoms with Gasteiger partial charge in [0.25, 0.3) is 0 Å². The molecule has 1 aromatic carbocycles. The molecule has 8 heteroatoms. The Hall–Kier alpha value is -1.54. The third-order valence-corrected chi connectivity index (χ3v) is 4.57.